The molecular weight excluding hydrogens is 348 g/mol. The van der Waals surface area contributed by atoms with E-state index >= 15 is 0 Å². The number of nitrogens with zero attached hydrogens (tertiary/aromatic N) is 1. The number of nitrogens with one attached hydrogen (secondary N) is 1. The monoisotopic (exact) mass is 372 g/mol. The van der Waals surface area contributed by atoms with Crippen LogP contribution < -0.4 is 5.32 Å². The fourth-order valence-electron chi connectivity index (χ4n) is 3.01. The number of benzene rings is 3. The molecule has 0 bridgehead atoms. The summed E-state index contributed by atoms with van der Waals surface area (Å²) in [7, 11) is 0. The van der Waals surface area contributed by atoms with Crippen LogP contribution in [0.1, 0.15) is 38.8 Å². The quantitative estimate of drug-likeness (QED) is 0.668. The number of hydrogen-bond acceptors (Lipinski definition) is 2. The van der Waals surface area contributed by atoms with Crippen molar-refractivity contribution in [2.24, 2.45) is 0 Å². The summed E-state index contributed by atoms with van der Waals surface area (Å²) in [6, 6.07) is 24.4. The molecule has 142 valence electrons. The molecule has 28 heavy (non-hydrogen) atoms. The molecule has 0 aliphatic carbocycles. The van der Waals surface area contributed by atoms with Gasteiger partial charge in [-0.2, -0.15) is 0 Å². The molecule has 0 heterocycles. The molecular formula is C24H24N2O2. The lowest BCUT2D eigenvalue weighted by Crippen LogP contribution is -2.30. The molecule has 3 aromatic rings. The van der Waals surface area contributed by atoms with Gasteiger partial charge in [-0.3, -0.25) is 9.59 Å². The van der Waals surface area contributed by atoms with E-state index in [1.807, 2.05) is 68.4 Å². The van der Waals surface area contributed by atoms with Gasteiger partial charge < -0.3 is 10.2 Å². The number of anilines is 1. The van der Waals surface area contributed by atoms with Crippen LogP contribution in [0.3, 0.4) is 0 Å². The molecule has 0 saturated carbocycles. The average molecular weight is 372 g/mol. The number of aryl methyl sites for hydroxylation is 1. The minimum atomic E-state index is -0.227. The molecule has 0 atom stereocenters. The Kier molecular flexibility index (Phi) is 6.22. The van der Waals surface area contributed by atoms with Crippen molar-refractivity contribution in [3.63, 3.8) is 0 Å². The molecule has 1 N–H and O–H groups in total. The first kappa shape index (κ1) is 19.4. The van der Waals surface area contributed by atoms with Crippen LogP contribution in [0, 0.1) is 6.92 Å². The van der Waals surface area contributed by atoms with E-state index in [9.17, 15) is 9.59 Å². The highest BCUT2D eigenvalue weighted by atomic mass is 16.2. The highest BCUT2D eigenvalue weighted by molar-refractivity contribution is 6.06. The number of amides is 2. The van der Waals surface area contributed by atoms with E-state index in [1.165, 1.54) is 0 Å². The van der Waals surface area contributed by atoms with Crippen molar-refractivity contribution >= 4 is 17.5 Å². The van der Waals surface area contributed by atoms with Crippen LogP contribution in [-0.2, 0) is 6.54 Å². The zero-order valence-electron chi connectivity index (χ0n) is 16.2. The third-order valence-electron chi connectivity index (χ3n) is 4.65. The fourth-order valence-corrected chi connectivity index (χ4v) is 3.01. The first-order chi connectivity index (χ1) is 13.6. The molecule has 0 saturated heterocycles. The van der Waals surface area contributed by atoms with Gasteiger partial charge in [0.2, 0.25) is 0 Å². The van der Waals surface area contributed by atoms with Crippen LogP contribution in [0.4, 0.5) is 5.69 Å². The predicted octanol–water partition coefficient (Wildman–Crippen LogP) is 4.91. The Hall–Kier alpha value is -3.40. The molecule has 0 spiro atoms. The zero-order chi connectivity index (χ0) is 19.9. The topological polar surface area (TPSA) is 49.4 Å². The van der Waals surface area contributed by atoms with E-state index < -0.39 is 0 Å². The summed E-state index contributed by atoms with van der Waals surface area (Å²) < 4.78 is 0. The van der Waals surface area contributed by atoms with Crippen LogP contribution in [-0.4, -0.2) is 23.3 Å². The molecule has 0 aliphatic heterocycles. The van der Waals surface area contributed by atoms with Crippen molar-refractivity contribution in [1.29, 1.82) is 0 Å². The molecule has 0 aliphatic rings. The van der Waals surface area contributed by atoms with Crippen molar-refractivity contribution in [2.45, 2.75) is 20.4 Å². The van der Waals surface area contributed by atoms with Crippen LogP contribution in [0.5, 0.6) is 0 Å². The Labute approximate surface area is 165 Å². The molecule has 0 aromatic heterocycles. The molecule has 3 rings (SSSR count). The van der Waals surface area contributed by atoms with E-state index in [1.54, 1.807) is 29.2 Å². The molecule has 0 unspecified atom stereocenters. The van der Waals surface area contributed by atoms with Gasteiger partial charge in [0.15, 0.2) is 0 Å². The molecule has 4 heteroatoms. The first-order valence-electron chi connectivity index (χ1n) is 9.38. The van der Waals surface area contributed by atoms with E-state index in [0.717, 1.165) is 16.8 Å². The van der Waals surface area contributed by atoms with Gasteiger partial charge in [-0.05, 0) is 49.2 Å². The summed E-state index contributed by atoms with van der Waals surface area (Å²) >= 11 is 0. The normalized spacial score (nSPS) is 10.4. The Morgan fingerprint density at radius 2 is 1.54 bits per heavy atom. The summed E-state index contributed by atoms with van der Waals surface area (Å²) in [5.41, 5.74) is 3.80. The van der Waals surface area contributed by atoms with Crippen LogP contribution in [0.15, 0.2) is 78.9 Å². The number of para-hydroxylation sites is 1. The maximum atomic E-state index is 13.0. The lowest BCUT2D eigenvalue weighted by molar-refractivity contribution is 0.0752. The van der Waals surface area contributed by atoms with Crippen LogP contribution >= 0.6 is 0 Å². The highest BCUT2D eigenvalue weighted by Gasteiger charge is 2.16. The average Bonchev–Trinajstić information content (AvgIpc) is 2.74. The minimum Gasteiger partial charge on any atom is -0.335 e. The van der Waals surface area contributed by atoms with Gasteiger partial charge in [-0.15, -0.1) is 0 Å². The largest absolute Gasteiger partial charge is 0.335 e. The standard InChI is InChI=1S/C24H24N2O2/c1-3-26(17-19-11-5-4-6-12-19)24(28)21-14-9-13-20(16-21)23(27)25-22-15-8-7-10-18(22)2/h4-16H,3,17H2,1-2H3,(H,25,27). The van der Waals surface area contributed by atoms with Gasteiger partial charge in [0.1, 0.15) is 0 Å². The summed E-state index contributed by atoms with van der Waals surface area (Å²) in [4.78, 5) is 27.4. The van der Waals surface area contributed by atoms with E-state index in [2.05, 4.69) is 5.32 Å². The van der Waals surface area contributed by atoms with Gasteiger partial charge in [0.05, 0.1) is 0 Å². The SMILES string of the molecule is CCN(Cc1ccccc1)C(=O)c1cccc(C(=O)Nc2ccccc2C)c1. The van der Waals surface area contributed by atoms with Crippen molar-refractivity contribution < 1.29 is 9.59 Å². The fraction of sp³-hybridized carbons (Fsp3) is 0.167. The maximum absolute atomic E-state index is 13.0. The van der Waals surface area contributed by atoms with Crippen molar-refractivity contribution in [3.05, 3.63) is 101 Å². The second-order valence-corrected chi connectivity index (χ2v) is 6.65. The van der Waals surface area contributed by atoms with Crippen molar-refractivity contribution in [2.75, 3.05) is 11.9 Å². The Morgan fingerprint density at radius 3 is 2.25 bits per heavy atom. The number of hydrogen-bond donors (Lipinski definition) is 1. The Morgan fingerprint density at radius 1 is 0.857 bits per heavy atom. The van der Waals surface area contributed by atoms with Gasteiger partial charge in [0, 0.05) is 29.9 Å². The van der Waals surface area contributed by atoms with Gasteiger partial charge in [-0.25, -0.2) is 0 Å². The van der Waals surface area contributed by atoms with Crippen molar-refractivity contribution in [1.82, 2.24) is 4.90 Å². The van der Waals surface area contributed by atoms with E-state index in [4.69, 9.17) is 0 Å². The predicted molar refractivity (Wildman–Crippen MR) is 112 cm³/mol. The van der Waals surface area contributed by atoms with Crippen LogP contribution in [0.25, 0.3) is 0 Å². The molecule has 0 radical (unpaired) electrons. The first-order valence-corrected chi connectivity index (χ1v) is 9.38. The lowest BCUT2D eigenvalue weighted by Gasteiger charge is -2.21. The zero-order valence-corrected chi connectivity index (χ0v) is 16.2. The maximum Gasteiger partial charge on any atom is 0.255 e. The Balaban J connectivity index is 1.77. The Bertz CT molecular complexity index is 967. The smallest absolute Gasteiger partial charge is 0.255 e. The summed E-state index contributed by atoms with van der Waals surface area (Å²) in [6.45, 7) is 5.02. The van der Waals surface area contributed by atoms with Crippen molar-refractivity contribution in [3.8, 4) is 0 Å². The third kappa shape index (κ3) is 4.65. The summed E-state index contributed by atoms with van der Waals surface area (Å²) in [6.07, 6.45) is 0. The molecule has 0 fully saturated rings. The number of carbonyl (C=O) groups is 2. The summed E-state index contributed by atoms with van der Waals surface area (Å²) in [5.74, 6) is -0.313. The lowest BCUT2D eigenvalue weighted by atomic mass is 10.1. The minimum absolute atomic E-state index is 0.0862. The third-order valence-corrected chi connectivity index (χ3v) is 4.65. The van der Waals surface area contributed by atoms with Gasteiger partial charge in [0.25, 0.3) is 11.8 Å². The highest BCUT2D eigenvalue weighted by Crippen LogP contribution is 2.16. The van der Waals surface area contributed by atoms with Gasteiger partial charge >= 0.3 is 0 Å². The molecule has 3 aromatic carbocycles. The van der Waals surface area contributed by atoms with E-state index in [-0.39, 0.29) is 11.8 Å². The summed E-state index contributed by atoms with van der Waals surface area (Å²) in [5, 5.41) is 2.91. The number of rotatable bonds is 6. The van der Waals surface area contributed by atoms with E-state index in [0.29, 0.717) is 24.2 Å². The molecule has 2 amide bonds. The second kappa shape index (κ2) is 9.00. The van der Waals surface area contributed by atoms with Crippen LogP contribution in [0.2, 0.25) is 0 Å². The number of carbonyl (C=O) groups excluding carboxylic acids is 2. The second-order valence-electron chi connectivity index (χ2n) is 6.65. The molecule has 4 nitrogen and oxygen atoms in total. The van der Waals surface area contributed by atoms with Gasteiger partial charge in [-0.1, -0.05) is 54.6 Å².